The van der Waals surface area contributed by atoms with E-state index in [0.717, 1.165) is 63.3 Å². The molecule has 2 aliphatic carbocycles. The minimum absolute atomic E-state index is 0.101. The summed E-state index contributed by atoms with van der Waals surface area (Å²) in [6.07, 6.45) is 8.45. The van der Waals surface area contributed by atoms with Gasteiger partial charge in [-0.1, -0.05) is 12.8 Å². The van der Waals surface area contributed by atoms with Gasteiger partial charge in [-0.3, -0.25) is 19.6 Å². The molecular weight excluding hydrogens is 384 g/mol. The topological polar surface area (TPSA) is 111 Å². The number of carbonyl (C=O) groups is 3. The van der Waals surface area contributed by atoms with Crippen molar-refractivity contribution < 1.29 is 14.4 Å². The number of imide groups is 1. The summed E-state index contributed by atoms with van der Waals surface area (Å²) in [5.74, 6) is 2.79. The molecule has 4 fully saturated rings. The Kier molecular flexibility index (Phi) is 4.99. The van der Waals surface area contributed by atoms with Crippen LogP contribution in [0.5, 0.6) is 0 Å². The van der Waals surface area contributed by atoms with Crippen LogP contribution in [0.25, 0.3) is 0 Å². The van der Waals surface area contributed by atoms with Crippen molar-refractivity contribution in [3.05, 3.63) is 11.6 Å². The number of likely N-dealkylation sites (tertiary alicyclic amines) is 1. The lowest BCUT2D eigenvalue weighted by Crippen LogP contribution is -2.44. The van der Waals surface area contributed by atoms with Crippen molar-refractivity contribution in [2.24, 2.45) is 0 Å². The number of H-pyrrole nitrogens is 1. The number of hydrogen-bond acceptors (Lipinski definition) is 5. The molecule has 0 atom stereocenters. The summed E-state index contributed by atoms with van der Waals surface area (Å²) in [5, 5.41) is 10.3. The molecule has 9 heteroatoms. The number of piperidine rings is 1. The maximum absolute atomic E-state index is 12.7. The van der Waals surface area contributed by atoms with Crippen LogP contribution < -0.4 is 5.32 Å². The van der Waals surface area contributed by atoms with Gasteiger partial charge in [-0.25, -0.2) is 9.78 Å². The number of aromatic amines is 1. The quantitative estimate of drug-likeness (QED) is 0.692. The Labute approximate surface area is 176 Å². The molecule has 162 valence electrons. The first-order chi connectivity index (χ1) is 14.6. The highest BCUT2D eigenvalue weighted by Gasteiger charge is 2.52. The number of carbonyl (C=O) groups excluding carboxylic acids is 3. The zero-order valence-corrected chi connectivity index (χ0v) is 17.4. The monoisotopic (exact) mass is 414 g/mol. The van der Waals surface area contributed by atoms with E-state index in [1.54, 1.807) is 0 Å². The highest BCUT2D eigenvalue weighted by molar-refractivity contribution is 6.07. The van der Waals surface area contributed by atoms with E-state index >= 15 is 0 Å². The molecule has 1 spiro atoms. The van der Waals surface area contributed by atoms with E-state index in [1.807, 2.05) is 4.90 Å². The molecule has 2 saturated carbocycles. The van der Waals surface area contributed by atoms with Gasteiger partial charge in [-0.15, -0.1) is 0 Å². The van der Waals surface area contributed by atoms with Gasteiger partial charge in [0.25, 0.3) is 5.91 Å². The molecule has 0 radical (unpaired) electrons. The number of rotatable bonds is 6. The van der Waals surface area contributed by atoms with E-state index in [-0.39, 0.29) is 17.8 Å². The zero-order valence-electron chi connectivity index (χ0n) is 17.4. The Morgan fingerprint density at radius 1 is 1.07 bits per heavy atom. The number of nitrogens with zero attached hydrogens (tertiary/aromatic N) is 4. The van der Waals surface area contributed by atoms with E-state index < -0.39 is 5.54 Å². The van der Waals surface area contributed by atoms with Gasteiger partial charge in [-0.05, 0) is 44.9 Å². The van der Waals surface area contributed by atoms with Crippen LogP contribution in [0.3, 0.4) is 0 Å². The normalized spacial score (nSPS) is 24.1. The number of nitrogens with one attached hydrogen (secondary N) is 2. The van der Waals surface area contributed by atoms with Crippen LogP contribution in [0.2, 0.25) is 0 Å². The standard InChI is InChI=1S/C21H30N6O3/c28-16(4-3-11-27-19(29)21(23-20(27)30)9-1-2-10-21)26-12-7-15(8-13-26)18-22-17(24-25-18)14-5-6-14/h14-15H,1-13H2,(H,23,30)(H,22,24,25). The molecule has 2 saturated heterocycles. The Balaban J connectivity index is 1.07. The predicted molar refractivity (Wildman–Crippen MR) is 108 cm³/mol. The smallest absolute Gasteiger partial charge is 0.325 e. The Hall–Kier alpha value is -2.45. The molecule has 0 bridgehead atoms. The lowest BCUT2D eigenvalue weighted by molar-refractivity contribution is -0.134. The summed E-state index contributed by atoms with van der Waals surface area (Å²) >= 11 is 0. The third-order valence-corrected chi connectivity index (χ3v) is 7.17. The summed E-state index contributed by atoms with van der Waals surface area (Å²) < 4.78 is 0. The van der Waals surface area contributed by atoms with Crippen molar-refractivity contribution in [3.8, 4) is 0 Å². The lowest BCUT2D eigenvalue weighted by atomic mass is 9.96. The SMILES string of the molecule is O=C(CCCN1C(=O)NC2(CCCC2)C1=O)N1CCC(c2nc(C3CC3)n[nH]2)CC1. The molecule has 9 nitrogen and oxygen atoms in total. The second-order valence-corrected chi connectivity index (χ2v) is 9.29. The van der Waals surface area contributed by atoms with Gasteiger partial charge >= 0.3 is 6.03 Å². The van der Waals surface area contributed by atoms with Crippen LogP contribution in [0, 0.1) is 0 Å². The first kappa shape index (κ1) is 19.5. The summed E-state index contributed by atoms with van der Waals surface area (Å²) in [6.45, 7) is 1.75. The van der Waals surface area contributed by atoms with Crippen LogP contribution in [0.1, 0.15) is 87.7 Å². The molecule has 0 unspecified atom stereocenters. The van der Waals surface area contributed by atoms with Crippen LogP contribution in [-0.2, 0) is 9.59 Å². The molecule has 30 heavy (non-hydrogen) atoms. The van der Waals surface area contributed by atoms with Gasteiger partial charge in [0.2, 0.25) is 5.91 Å². The van der Waals surface area contributed by atoms with E-state index in [2.05, 4.69) is 20.5 Å². The van der Waals surface area contributed by atoms with Crippen LogP contribution in [0.15, 0.2) is 0 Å². The van der Waals surface area contributed by atoms with Gasteiger partial charge < -0.3 is 10.2 Å². The Morgan fingerprint density at radius 2 is 1.80 bits per heavy atom. The largest absolute Gasteiger partial charge is 0.343 e. The molecule has 3 heterocycles. The molecule has 0 aromatic carbocycles. The summed E-state index contributed by atoms with van der Waals surface area (Å²) in [5.41, 5.74) is -0.664. The molecule has 1 aromatic heterocycles. The fourth-order valence-corrected chi connectivity index (χ4v) is 5.14. The Morgan fingerprint density at radius 3 is 2.50 bits per heavy atom. The maximum atomic E-state index is 12.7. The highest BCUT2D eigenvalue weighted by Crippen LogP contribution is 2.39. The number of urea groups is 1. The first-order valence-corrected chi connectivity index (χ1v) is 11.4. The fraction of sp³-hybridized carbons (Fsp3) is 0.762. The minimum atomic E-state index is -0.664. The van der Waals surface area contributed by atoms with Crippen molar-refractivity contribution in [3.63, 3.8) is 0 Å². The summed E-state index contributed by atoms with van der Waals surface area (Å²) in [4.78, 5) is 45.4. The number of hydrogen-bond donors (Lipinski definition) is 2. The van der Waals surface area contributed by atoms with Crippen molar-refractivity contribution in [1.82, 2.24) is 30.3 Å². The van der Waals surface area contributed by atoms with Crippen LogP contribution in [-0.4, -0.2) is 68.0 Å². The van der Waals surface area contributed by atoms with Gasteiger partial charge in [0.05, 0.1) is 0 Å². The van der Waals surface area contributed by atoms with E-state index in [9.17, 15) is 14.4 Å². The second-order valence-electron chi connectivity index (χ2n) is 9.29. The van der Waals surface area contributed by atoms with E-state index in [1.165, 1.54) is 17.7 Å². The zero-order chi connectivity index (χ0) is 20.7. The van der Waals surface area contributed by atoms with Crippen molar-refractivity contribution in [2.45, 2.75) is 81.6 Å². The number of amides is 4. The molecule has 2 aliphatic heterocycles. The van der Waals surface area contributed by atoms with E-state index in [0.29, 0.717) is 31.2 Å². The first-order valence-electron chi connectivity index (χ1n) is 11.4. The predicted octanol–water partition coefficient (Wildman–Crippen LogP) is 2.03. The fourth-order valence-electron chi connectivity index (χ4n) is 5.14. The van der Waals surface area contributed by atoms with Gasteiger partial charge in [-0.2, -0.15) is 5.10 Å². The molecule has 1 aromatic rings. The third-order valence-electron chi connectivity index (χ3n) is 7.17. The average Bonchev–Trinajstić information content (AvgIpc) is 3.20. The van der Waals surface area contributed by atoms with Gasteiger partial charge in [0.15, 0.2) is 5.82 Å². The minimum Gasteiger partial charge on any atom is -0.343 e. The summed E-state index contributed by atoms with van der Waals surface area (Å²) in [7, 11) is 0. The molecular formula is C21H30N6O3. The van der Waals surface area contributed by atoms with Crippen molar-refractivity contribution in [2.75, 3.05) is 19.6 Å². The maximum Gasteiger partial charge on any atom is 0.325 e. The molecule has 5 rings (SSSR count). The van der Waals surface area contributed by atoms with Gasteiger partial charge in [0.1, 0.15) is 11.4 Å². The van der Waals surface area contributed by atoms with Crippen LogP contribution in [0.4, 0.5) is 4.79 Å². The Bertz CT molecular complexity index is 834. The molecule has 2 N–H and O–H groups in total. The van der Waals surface area contributed by atoms with Crippen LogP contribution >= 0.6 is 0 Å². The lowest BCUT2D eigenvalue weighted by Gasteiger charge is -2.31. The molecule has 4 aliphatic rings. The summed E-state index contributed by atoms with van der Waals surface area (Å²) in [6, 6.07) is -0.298. The van der Waals surface area contributed by atoms with E-state index in [4.69, 9.17) is 0 Å². The second kappa shape index (κ2) is 7.67. The van der Waals surface area contributed by atoms with Crippen molar-refractivity contribution >= 4 is 17.8 Å². The van der Waals surface area contributed by atoms with Gasteiger partial charge in [0, 0.05) is 37.9 Å². The third kappa shape index (κ3) is 3.58. The number of aromatic nitrogens is 3. The highest BCUT2D eigenvalue weighted by atomic mass is 16.2. The molecule has 4 amide bonds. The average molecular weight is 415 g/mol. The van der Waals surface area contributed by atoms with Crippen molar-refractivity contribution in [1.29, 1.82) is 0 Å².